The maximum atomic E-state index is 13.5. The molecule has 1 saturated heterocycles. The Balaban J connectivity index is 1.42. The van der Waals surface area contributed by atoms with Crippen LogP contribution in [0, 0.1) is 0 Å². The standard InChI is InChI=1S/C23H21NO2S/c25-23(24-13-11-16(12-14-24)21-10-5-15-27-21)22-17-6-1-3-8-19(17)26-20-9-4-2-7-18(20)22/h1-10,15-16,22H,11-14H2. The topological polar surface area (TPSA) is 29.5 Å². The zero-order valence-corrected chi connectivity index (χ0v) is 15.8. The molecule has 2 aliphatic rings. The molecule has 1 amide bonds. The lowest BCUT2D eigenvalue weighted by Crippen LogP contribution is -2.41. The van der Waals surface area contributed by atoms with Crippen LogP contribution in [0.25, 0.3) is 0 Å². The lowest BCUT2D eigenvalue weighted by molar-refractivity contribution is -0.133. The Labute approximate surface area is 163 Å². The normalized spacial score (nSPS) is 17.1. The molecule has 0 unspecified atom stereocenters. The molecule has 0 saturated carbocycles. The number of benzene rings is 2. The van der Waals surface area contributed by atoms with E-state index in [0.29, 0.717) is 5.92 Å². The summed E-state index contributed by atoms with van der Waals surface area (Å²) >= 11 is 1.83. The molecule has 0 aliphatic carbocycles. The number of fused-ring (bicyclic) bond motifs is 2. The van der Waals surface area contributed by atoms with Gasteiger partial charge in [0.05, 0.1) is 5.92 Å². The number of rotatable bonds is 2. The van der Waals surface area contributed by atoms with Crippen molar-refractivity contribution in [2.45, 2.75) is 24.7 Å². The van der Waals surface area contributed by atoms with E-state index in [1.54, 1.807) is 0 Å². The first kappa shape index (κ1) is 16.6. The second-order valence-electron chi connectivity index (χ2n) is 7.23. The number of thiophene rings is 1. The molecule has 0 spiro atoms. The first-order valence-electron chi connectivity index (χ1n) is 9.49. The number of likely N-dealkylation sites (tertiary alicyclic amines) is 1. The molecule has 0 atom stereocenters. The van der Waals surface area contributed by atoms with Gasteiger partial charge in [0.2, 0.25) is 5.91 Å². The molecular weight excluding hydrogens is 354 g/mol. The molecule has 136 valence electrons. The maximum absolute atomic E-state index is 13.5. The first-order chi connectivity index (χ1) is 13.3. The lowest BCUT2D eigenvalue weighted by Gasteiger charge is -2.36. The minimum Gasteiger partial charge on any atom is -0.457 e. The molecule has 3 nitrogen and oxygen atoms in total. The molecule has 0 N–H and O–H groups in total. The van der Waals surface area contributed by atoms with Gasteiger partial charge in [0.25, 0.3) is 0 Å². The Bertz CT molecular complexity index is 913. The fourth-order valence-electron chi connectivity index (χ4n) is 4.27. The number of piperidine rings is 1. The summed E-state index contributed by atoms with van der Waals surface area (Å²) in [5, 5.41) is 2.14. The van der Waals surface area contributed by atoms with E-state index >= 15 is 0 Å². The van der Waals surface area contributed by atoms with E-state index in [0.717, 1.165) is 48.6 Å². The van der Waals surface area contributed by atoms with E-state index in [1.165, 1.54) is 4.88 Å². The van der Waals surface area contributed by atoms with E-state index in [1.807, 2.05) is 64.8 Å². The van der Waals surface area contributed by atoms with Crippen LogP contribution in [-0.4, -0.2) is 23.9 Å². The Kier molecular flexibility index (Phi) is 4.21. The van der Waals surface area contributed by atoms with Crippen molar-refractivity contribution in [3.63, 3.8) is 0 Å². The average Bonchev–Trinajstić information content (AvgIpc) is 3.26. The number of hydrogen-bond acceptors (Lipinski definition) is 3. The average molecular weight is 375 g/mol. The molecule has 27 heavy (non-hydrogen) atoms. The Morgan fingerprint density at radius 2 is 1.52 bits per heavy atom. The molecule has 3 aromatic rings. The fraction of sp³-hybridized carbons (Fsp3) is 0.261. The summed E-state index contributed by atoms with van der Waals surface area (Å²) in [6.45, 7) is 1.65. The van der Waals surface area contributed by atoms with Gasteiger partial charge in [-0.05, 0) is 42.3 Å². The highest BCUT2D eigenvalue weighted by molar-refractivity contribution is 7.10. The molecule has 0 radical (unpaired) electrons. The van der Waals surface area contributed by atoms with Crippen LogP contribution >= 0.6 is 11.3 Å². The summed E-state index contributed by atoms with van der Waals surface area (Å²) in [5.41, 5.74) is 1.95. The number of hydrogen-bond donors (Lipinski definition) is 0. The van der Waals surface area contributed by atoms with Gasteiger partial charge in [-0.2, -0.15) is 0 Å². The minimum absolute atomic E-state index is 0.197. The number of para-hydroxylation sites is 2. The van der Waals surface area contributed by atoms with Gasteiger partial charge < -0.3 is 9.64 Å². The third-order valence-electron chi connectivity index (χ3n) is 5.68. The van der Waals surface area contributed by atoms with Crippen molar-refractivity contribution in [1.29, 1.82) is 0 Å². The predicted molar refractivity (Wildman–Crippen MR) is 108 cm³/mol. The van der Waals surface area contributed by atoms with Crippen LogP contribution < -0.4 is 4.74 Å². The van der Waals surface area contributed by atoms with Crippen LogP contribution in [0.4, 0.5) is 0 Å². The molecule has 3 heterocycles. The van der Waals surface area contributed by atoms with Crippen molar-refractivity contribution in [3.8, 4) is 11.5 Å². The second-order valence-corrected chi connectivity index (χ2v) is 8.20. The van der Waals surface area contributed by atoms with E-state index in [9.17, 15) is 4.79 Å². The zero-order valence-electron chi connectivity index (χ0n) is 15.0. The van der Waals surface area contributed by atoms with Gasteiger partial charge in [-0.15, -0.1) is 11.3 Å². The molecule has 5 rings (SSSR count). The predicted octanol–water partition coefficient (Wildman–Crippen LogP) is 5.39. The Morgan fingerprint density at radius 1 is 0.889 bits per heavy atom. The van der Waals surface area contributed by atoms with Gasteiger partial charge in [0, 0.05) is 29.1 Å². The van der Waals surface area contributed by atoms with Crippen LogP contribution in [0.1, 0.15) is 40.7 Å². The van der Waals surface area contributed by atoms with Crippen molar-refractivity contribution in [2.75, 3.05) is 13.1 Å². The SMILES string of the molecule is O=C(C1c2ccccc2Oc2ccccc21)N1CCC(c2cccs2)CC1. The van der Waals surface area contributed by atoms with Crippen molar-refractivity contribution in [2.24, 2.45) is 0 Å². The van der Waals surface area contributed by atoms with E-state index in [4.69, 9.17) is 4.74 Å². The molecule has 1 fully saturated rings. The van der Waals surface area contributed by atoms with Gasteiger partial charge in [0.1, 0.15) is 11.5 Å². The monoisotopic (exact) mass is 375 g/mol. The van der Waals surface area contributed by atoms with Crippen molar-refractivity contribution < 1.29 is 9.53 Å². The summed E-state index contributed by atoms with van der Waals surface area (Å²) in [6, 6.07) is 20.2. The number of ether oxygens (including phenoxy) is 1. The molecule has 2 aromatic carbocycles. The highest BCUT2D eigenvalue weighted by Gasteiger charge is 2.36. The van der Waals surface area contributed by atoms with Crippen LogP contribution in [-0.2, 0) is 4.79 Å². The van der Waals surface area contributed by atoms with Crippen molar-refractivity contribution >= 4 is 17.2 Å². The second kappa shape index (κ2) is 6.86. The first-order valence-corrected chi connectivity index (χ1v) is 10.4. The minimum atomic E-state index is -0.274. The Hall–Kier alpha value is -2.59. The number of carbonyl (C=O) groups excluding carboxylic acids is 1. The molecular formula is C23H21NO2S. The zero-order chi connectivity index (χ0) is 18.2. The molecule has 1 aromatic heterocycles. The lowest BCUT2D eigenvalue weighted by atomic mass is 9.85. The largest absolute Gasteiger partial charge is 0.457 e. The Morgan fingerprint density at radius 3 is 2.11 bits per heavy atom. The molecule has 4 heteroatoms. The van der Waals surface area contributed by atoms with E-state index in [2.05, 4.69) is 17.5 Å². The molecule has 2 aliphatic heterocycles. The summed E-state index contributed by atoms with van der Waals surface area (Å²) in [7, 11) is 0. The third-order valence-corrected chi connectivity index (χ3v) is 6.71. The maximum Gasteiger partial charge on any atom is 0.234 e. The number of amides is 1. The number of nitrogens with zero attached hydrogens (tertiary/aromatic N) is 1. The molecule has 0 bridgehead atoms. The van der Waals surface area contributed by atoms with E-state index in [-0.39, 0.29) is 11.8 Å². The quantitative estimate of drug-likeness (QED) is 0.601. The highest BCUT2D eigenvalue weighted by Crippen LogP contribution is 2.45. The number of carbonyl (C=O) groups is 1. The summed E-state index contributed by atoms with van der Waals surface area (Å²) in [4.78, 5) is 17.0. The van der Waals surface area contributed by atoms with Crippen LogP contribution in [0.15, 0.2) is 66.0 Å². The highest BCUT2D eigenvalue weighted by atomic mass is 32.1. The summed E-state index contributed by atoms with van der Waals surface area (Å²) in [6.07, 6.45) is 2.08. The van der Waals surface area contributed by atoms with Gasteiger partial charge >= 0.3 is 0 Å². The smallest absolute Gasteiger partial charge is 0.234 e. The van der Waals surface area contributed by atoms with Crippen molar-refractivity contribution in [1.82, 2.24) is 4.90 Å². The van der Waals surface area contributed by atoms with Crippen LogP contribution in [0.2, 0.25) is 0 Å². The van der Waals surface area contributed by atoms with Gasteiger partial charge in [0.15, 0.2) is 0 Å². The van der Waals surface area contributed by atoms with Gasteiger partial charge in [-0.3, -0.25) is 4.79 Å². The van der Waals surface area contributed by atoms with Gasteiger partial charge in [-0.1, -0.05) is 42.5 Å². The third kappa shape index (κ3) is 2.94. The van der Waals surface area contributed by atoms with E-state index < -0.39 is 0 Å². The van der Waals surface area contributed by atoms with Crippen LogP contribution in [0.5, 0.6) is 11.5 Å². The summed E-state index contributed by atoms with van der Waals surface area (Å²) < 4.78 is 6.04. The van der Waals surface area contributed by atoms with Gasteiger partial charge in [-0.25, -0.2) is 0 Å². The van der Waals surface area contributed by atoms with Crippen LogP contribution in [0.3, 0.4) is 0 Å². The summed E-state index contributed by atoms with van der Waals surface area (Å²) in [5.74, 6) is 2.10. The van der Waals surface area contributed by atoms with Crippen molar-refractivity contribution in [3.05, 3.63) is 82.0 Å². The fourth-order valence-corrected chi connectivity index (χ4v) is 5.17.